The van der Waals surface area contributed by atoms with Crippen LogP contribution in [0.15, 0.2) is 29.4 Å². The van der Waals surface area contributed by atoms with E-state index in [9.17, 15) is 0 Å². The maximum absolute atomic E-state index is 9.12. The minimum atomic E-state index is 0.201. The van der Waals surface area contributed by atoms with E-state index >= 15 is 0 Å². The van der Waals surface area contributed by atoms with E-state index in [1.54, 1.807) is 24.3 Å². The number of benzene rings is 1. The van der Waals surface area contributed by atoms with Crippen LogP contribution >= 0.6 is 0 Å². The van der Waals surface area contributed by atoms with Crippen LogP contribution in [0.5, 0.6) is 5.75 Å². The van der Waals surface area contributed by atoms with Crippen molar-refractivity contribution < 1.29 is 5.11 Å². The van der Waals surface area contributed by atoms with Crippen LogP contribution in [0.2, 0.25) is 0 Å². The lowest BCUT2D eigenvalue weighted by atomic mass is 10.2. The van der Waals surface area contributed by atoms with E-state index in [-0.39, 0.29) is 5.75 Å². The monoisotopic (exact) mass is 187 g/mol. The lowest BCUT2D eigenvalue weighted by Crippen LogP contribution is -1.75. The SMILES string of the molecule is [N-]=[N+]=NCCC#Cc1cccc(O)c1. The first-order chi connectivity index (χ1) is 6.83. The van der Waals surface area contributed by atoms with Crippen LogP contribution in [0.3, 0.4) is 0 Å². The number of rotatable bonds is 2. The average Bonchev–Trinajstić information content (AvgIpc) is 2.18. The second-order valence-electron chi connectivity index (χ2n) is 2.56. The third-order valence-corrected chi connectivity index (χ3v) is 1.48. The summed E-state index contributed by atoms with van der Waals surface area (Å²) in [7, 11) is 0. The van der Waals surface area contributed by atoms with Gasteiger partial charge < -0.3 is 5.11 Å². The van der Waals surface area contributed by atoms with Gasteiger partial charge in [0.05, 0.1) is 0 Å². The van der Waals surface area contributed by atoms with E-state index in [0.717, 1.165) is 5.56 Å². The van der Waals surface area contributed by atoms with Crippen LogP contribution in [0, 0.1) is 11.8 Å². The summed E-state index contributed by atoms with van der Waals surface area (Å²) in [6.07, 6.45) is 0.527. The van der Waals surface area contributed by atoms with Gasteiger partial charge in [-0.1, -0.05) is 23.0 Å². The Labute approximate surface area is 81.8 Å². The normalized spacial score (nSPS) is 8.29. The molecule has 0 bridgehead atoms. The Morgan fingerprint density at radius 3 is 3.07 bits per heavy atom. The summed E-state index contributed by atoms with van der Waals surface area (Å²) < 4.78 is 0. The predicted octanol–water partition coefficient (Wildman–Crippen LogP) is 2.44. The molecule has 1 rings (SSSR count). The first kappa shape index (κ1) is 9.97. The average molecular weight is 187 g/mol. The Morgan fingerprint density at radius 1 is 1.50 bits per heavy atom. The van der Waals surface area contributed by atoms with Crippen molar-refractivity contribution in [1.29, 1.82) is 0 Å². The fraction of sp³-hybridized carbons (Fsp3) is 0.200. The fourth-order valence-corrected chi connectivity index (χ4v) is 0.899. The first-order valence-corrected chi connectivity index (χ1v) is 4.11. The second-order valence-corrected chi connectivity index (χ2v) is 2.56. The molecule has 0 aliphatic rings. The minimum Gasteiger partial charge on any atom is -0.508 e. The highest BCUT2D eigenvalue weighted by atomic mass is 16.3. The third kappa shape index (κ3) is 3.53. The molecule has 0 aliphatic heterocycles. The molecule has 0 fully saturated rings. The van der Waals surface area contributed by atoms with E-state index in [4.69, 9.17) is 10.6 Å². The van der Waals surface area contributed by atoms with Crippen molar-refractivity contribution in [3.05, 3.63) is 40.3 Å². The van der Waals surface area contributed by atoms with Gasteiger partial charge in [0, 0.05) is 23.4 Å². The molecular weight excluding hydrogens is 178 g/mol. The van der Waals surface area contributed by atoms with Gasteiger partial charge >= 0.3 is 0 Å². The third-order valence-electron chi connectivity index (χ3n) is 1.48. The molecule has 0 spiro atoms. The van der Waals surface area contributed by atoms with Gasteiger partial charge in [0.15, 0.2) is 0 Å². The molecule has 0 atom stereocenters. The van der Waals surface area contributed by atoms with Gasteiger partial charge in [-0.25, -0.2) is 0 Å². The molecule has 4 heteroatoms. The standard InChI is InChI=1S/C10H9N3O/c11-13-12-7-2-1-4-9-5-3-6-10(14)8-9/h3,5-6,8,14H,2,7H2. The Bertz CT molecular complexity index is 411. The van der Waals surface area contributed by atoms with Gasteiger partial charge in [0.25, 0.3) is 0 Å². The highest BCUT2D eigenvalue weighted by molar-refractivity contribution is 5.39. The molecule has 1 N–H and O–H groups in total. The van der Waals surface area contributed by atoms with Crippen LogP contribution in [0.4, 0.5) is 0 Å². The number of azide groups is 1. The topological polar surface area (TPSA) is 69.0 Å². The molecule has 0 saturated carbocycles. The van der Waals surface area contributed by atoms with Gasteiger partial charge in [-0.2, -0.15) is 0 Å². The van der Waals surface area contributed by atoms with Crippen molar-refractivity contribution in [2.24, 2.45) is 5.11 Å². The summed E-state index contributed by atoms with van der Waals surface area (Å²) in [5, 5.41) is 12.5. The fourth-order valence-electron chi connectivity index (χ4n) is 0.899. The number of phenols is 1. The van der Waals surface area contributed by atoms with Crippen LogP contribution in [-0.4, -0.2) is 11.7 Å². The van der Waals surface area contributed by atoms with Crippen molar-refractivity contribution in [3.8, 4) is 17.6 Å². The van der Waals surface area contributed by atoms with E-state index in [2.05, 4.69) is 21.9 Å². The molecule has 70 valence electrons. The van der Waals surface area contributed by atoms with E-state index < -0.39 is 0 Å². The van der Waals surface area contributed by atoms with Gasteiger partial charge in [-0.05, 0) is 23.7 Å². The zero-order chi connectivity index (χ0) is 10.2. The maximum Gasteiger partial charge on any atom is 0.116 e. The van der Waals surface area contributed by atoms with Crippen molar-refractivity contribution in [2.75, 3.05) is 6.54 Å². The Balaban J connectivity index is 2.54. The number of aromatic hydroxyl groups is 1. The summed E-state index contributed by atoms with van der Waals surface area (Å²) >= 11 is 0. The molecule has 0 unspecified atom stereocenters. The van der Waals surface area contributed by atoms with Crippen LogP contribution in [0.25, 0.3) is 10.4 Å². The highest BCUT2D eigenvalue weighted by Gasteiger charge is 1.87. The number of hydrogen-bond donors (Lipinski definition) is 1. The van der Waals surface area contributed by atoms with Crippen LogP contribution in [-0.2, 0) is 0 Å². The van der Waals surface area contributed by atoms with E-state index in [1.165, 1.54) is 0 Å². The summed E-state index contributed by atoms with van der Waals surface area (Å²) in [6, 6.07) is 6.71. The van der Waals surface area contributed by atoms with Gasteiger partial charge in [0.2, 0.25) is 0 Å². The number of hydrogen-bond acceptors (Lipinski definition) is 2. The largest absolute Gasteiger partial charge is 0.508 e. The molecule has 0 saturated heterocycles. The molecule has 0 aromatic heterocycles. The Hall–Kier alpha value is -2.11. The highest BCUT2D eigenvalue weighted by Crippen LogP contribution is 2.09. The first-order valence-electron chi connectivity index (χ1n) is 4.11. The van der Waals surface area contributed by atoms with Gasteiger partial charge in [-0.3, -0.25) is 0 Å². The lowest BCUT2D eigenvalue weighted by Gasteiger charge is -1.90. The lowest BCUT2D eigenvalue weighted by molar-refractivity contribution is 0.475. The van der Waals surface area contributed by atoms with Crippen molar-refractivity contribution in [3.63, 3.8) is 0 Å². The van der Waals surface area contributed by atoms with Crippen LogP contribution in [0.1, 0.15) is 12.0 Å². The maximum atomic E-state index is 9.12. The molecule has 14 heavy (non-hydrogen) atoms. The van der Waals surface area contributed by atoms with Crippen molar-refractivity contribution >= 4 is 0 Å². The minimum absolute atomic E-state index is 0.201. The molecule has 0 radical (unpaired) electrons. The Morgan fingerprint density at radius 2 is 2.36 bits per heavy atom. The summed E-state index contributed by atoms with van der Waals surface area (Å²) in [5.74, 6) is 5.89. The smallest absolute Gasteiger partial charge is 0.116 e. The Kier molecular flexibility index (Phi) is 3.93. The van der Waals surface area contributed by atoms with Crippen molar-refractivity contribution in [1.82, 2.24) is 0 Å². The summed E-state index contributed by atoms with van der Waals surface area (Å²) in [4.78, 5) is 2.61. The van der Waals surface area contributed by atoms with Gasteiger partial charge in [0.1, 0.15) is 5.75 Å². The summed E-state index contributed by atoms with van der Waals surface area (Å²) in [6.45, 7) is 0.377. The quantitative estimate of drug-likeness (QED) is 0.249. The van der Waals surface area contributed by atoms with Gasteiger partial charge in [-0.15, -0.1) is 0 Å². The zero-order valence-corrected chi connectivity index (χ0v) is 7.51. The van der Waals surface area contributed by atoms with E-state index in [0.29, 0.717) is 13.0 Å². The van der Waals surface area contributed by atoms with Crippen LogP contribution < -0.4 is 0 Å². The molecule has 0 amide bonds. The molecule has 1 aromatic carbocycles. The molecule has 0 aliphatic carbocycles. The van der Waals surface area contributed by atoms with Crippen molar-refractivity contribution in [2.45, 2.75) is 6.42 Å². The summed E-state index contributed by atoms with van der Waals surface area (Å²) in [5.41, 5.74) is 8.75. The van der Waals surface area contributed by atoms with E-state index in [1.807, 2.05) is 0 Å². The second kappa shape index (κ2) is 5.52. The molecule has 4 nitrogen and oxygen atoms in total. The predicted molar refractivity (Wildman–Crippen MR) is 53.6 cm³/mol. The zero-order valence-electron chi connectivity index (χ0n) is 7.51. The molecule has 0 heterocycles. The molecule has 1 aromatic rings. The number of nitrogens with zero attached hydrogens (tertiary/aromatic N) is 3. The number of phenolic OH excluding ortho intramolecular Hbond substituents is 1. The molecular formula is C10H9N3O.